The summed E-state index contributed by atoms with van der Waals surface area (Å²) in [6.07, 6.45) is 0.855. The van der Waals surface area contributed by atoms with Crippen molar-refractivity contribution in [3.8, 4) is 0 Å². The van der Waals surface area contributed by atoms with Gasteiger partial charge in [-0.3, -0.25) is 9.69 Å². The SMILES string of the molecule is O=C(O)C(C1CCOC1)N1CCOCC1. The van der Waals surface area contributed by atoms with Gasteiger partial charge in [-0.25, -0.2) is 0 Å². The smallest absolute Gasteiger partial charge is 0.321 e. The maximum atomic E-state index is 11.2. The van der Waals surface area contributed by atoms with Crippen LogP contribution in [0, 0.1) is 5.92 Å². The van der Waals surface area contributed by atoms with Crippen molar-refractivity contribution in [1.82, 2.24) is 4.90 Å². The van der Waals surface area contributed by atoms with E-state index in [2.05, 4.69) is 0 Å². The quantitative estimate of drug-likeness (QED) is 0.707. The Morgan fingerprint density at radius 2 is 2.00 bits per heavy atom. The zero-order valence-corrected chi connectivity index (χ0v) is 8.72. The molecule has 86 valence electrons. The Kier molecular flexibility index (Phi) is 3.56. The van der Waals surface area contributed by atoms with E-state index in [0.717, 1.165) is 6.42 Å². The molecular formula is C10H17NO4. The van der Waals surface area contributed by atoms with E-state index in [4.69, 9.17) is 9.47 Å². The van der Waals surface area contributed by atoms with Crippen molar-refractivity contribution in [2.45, 2.75) is 12.5 Å². The van der Waals surface area contributed by atoms with E-state index in [0.29, 0.717) is 39.5 Å². The molecule has 2 fully saturated rings. The highest BCUT2D eigenvalue weighted by molar-refractivity contribution is 5.74. The molecule has 0 amide bonds. The molecule has 2 rings (SSSR count). The average Bonchev–Trinajstić information content (AvgIpc) is 2.72. The highest BCUT2D eigenvalue weighted by Crippen LogP contribution is 2.22. The number of nitrogens with zero attached hydrogens (tertiary/aromatic N) is 1. The minimum absolute atomic E-state index is 0.139. The largest absolute Gasteiger partial charge is 0.480 e. The molecule has 0 aromatic rings. The number of hydrogen-bond donors (Lipinski definition) is 1. The predicted octanol–water partition coefficient (Wildman–Crippen LogP) is -0.192. The molecule has 0 radical (unpaired) electrons. The molecule has 1 N–H and O–H groups in total. The third-order valence-electron chi connectivity index (χ3n) is 3.10. The standard InChI is InChI=1S/C10H17NO4/c12-10(13)9(8-1-4-15-7-8)11-2-5-14-6-3-11/h8-9H,1-7H2,(H,12,13). The van der Waals surface area contributed by atoms with Crippen LogP contribution >= 0.6 is 0 Å². The van der Waals surface area contributed by atoms with Gasteiger partial charge in [0.05, 0.1) is 19.8 Å². The molecule has 0 saturated carbocycles. The van der Waals surface area contributed by atoms with Crippen molar-refractivity contribution < 1.29 is 19.4 Å². The summed E-state index contributed by atoms with van der Waals surface area (Å²) >= 11 is 0. The van der Waals surface area contributed by atoms with Gasteiger partial charge in [0.1, 0.15) is 6.04 Å². The highest BCUT2D eigenvalue weighted by Gasteiger charge is 2.36. The number of hydrogen-bond acceptors (Lipinski definition) is 4. The molecule has 2 unspecified atom stereocenters. The van der Waals surface area contributed by atoms with Crippen molar-refractivity contribution in [3.05, 3.63) is 0 Å². The van der Waals surface area contributed by atoms with Gasteiger partial charge in [0.2, 0.25) is 0 Å². The number of carboxylic acids is 1. The second-order valence-corrected chi connectivity index (χ2v) is 4.06. The molecule has 0 spiro atoms. The van der Waals surface area contributed by atoms with Crippen LogP contribution in [0.15, 0.2) is 0 Å². The van der Waals surface area contributed by atoms with Gasteiger partial charge < -0.3 is 14.6 Å². The number of ether oxygens (including phenoxy) is 2. The molecular weight excluding hydrogens is 198 g/mol. The monoisotopic (exact) mass is 215 g/mol. The van der Waals surface area contributed by atoms with Crippen LogP contribution in [0.4, 0.5) is 0 Å². The summed E-state index contributed by atoms with van der Waals surface area (Å²) in [5, 5.41) is 9.25. The third-order valence-corrected chi connectivity index (χ3v) is 3.10. The fourth-order valence-electron chi connectivity index (χ4n) is 2.31. The Balaban J connectivity index is 2.00. The van der Waals surface area contributed by atoms with E-state index in [-0.39, 0.29) is 5.92 Å². The molecule has 2 atom stereocenters. The minimum atomic E-state index is -0.729. The molecule has 2 aliphatic heterocycles. The second-order valence-electron chi connectivity index (χ2n) is 4.06. The molecule has 0 bridgehead atoms. The van der Waals surface area contributed by atoms with Crippen molar-refractivity contribution in [1.29, 1.82) is 0 Å². The first-order valence-corrected chi connectivity index (χ1v) is 5.41. The maximum absolute atomic E-state index is 11.2. The topological polar surface area (TPSA) is 59.0 Å². The Bertz CT molecular complexity index is 221. The maximum Gasteiger partial charge on any atom is 0.321 e. The Morgan fingerprint density at radius 3 is 2.53 bits per heavy atom. The lowest BCUT2D eigenvalue weighted by Gasteiger charge is -2.34. The van der Waals surface area contributed by atoms with Crippen molar-refractivity contribution in [3.63, 3.8) is 0 Å². The summed E-state index contributed by atoms with van der Waals surface area (Å²) in [6.45, 7) is 3.97. The van der Waals surface area contributed by atoms with Crippen LogP contribution in [-0.2, 0) is 14.3 Å². The van der Waals surface area contributed by atoms with Crippen LogP contribution in [0.3, 0.4) is 0 Å². The number of rotatable bonds is 3. The van der Waals surface area contributed by atoms with Crippen LogP contribution < -0.4 is 0 Å². The lowest BCUT2D eigenvalue weighted by atomic mass is 9.97. The van der Waals surface area contributed by atoms with Gasteiger partial charge in [-0.15, -0.1) is 0 Å². The summed E-state index contributed by atoms with van der Waals surface area (Å²) in [5.41, 5.74) is 0. The molecule has 0 aliphatic carbocycles. The van der Waals surface area contributed by atoms with E-state index in [9.17, 15) is 9.90 Å². The van der Waals surface area contributed by atoms with Gasteiger partial charge in [0.15, 0.2) is 0 Å². The zero-order chi connectivity index (χ0) is 10.7. The molecule has 2 heterocycles. The van der Waals surface area contributed by atoms with Gasteiger partial charge in [-0.05, 0) is 6.42 Å². The molecule has 5 nitrogen and oxygen atoms in total. The zero-order valence-electron chi connectivity index (χ0n) is 8.72. The number of carbonyl (C=O) groups is 1. The van der Waals surface area contributed by atoms with Crippen molar-refractivity contribution >= 4 is 5.97 Å². The lowest BCUT2D eigenvalue weighted by Crippen LogP contribution is -2.51. The van der Waals surface area contributed by atoms with Crippen LogP contribution in [-0.4, -0.2) is 61.5 Å². The first kappa shape index (κ1) is 10.9. The molecule has 2 aliphatic rings. The Morgan fingerprint density at radius 1 is 1.27 bits per heavy atom. The summed E-state index contributed by atoms with van der Waals surface area (Å²) < 4.78 is 10.5. The lowest BCUT2D eigenvalue weighted by molar-refractivity contribution is -0.147. The summed E-state index contributed by atoms with van der Waals surface area (Å²) in [6, 6.07) is -0.392. The molecule has 0 aromatic carbocycles. The van der Waals surface area contributed by atoms with Crippen molar-refractivity contribution in [2.24, 2.45) is 5.92 Å². The van der Waals surface area contributed by atoms with Gasteiger partial charge in [-0.2, -0.15) is 0 Å². The Hall–Kier alpha value is -0.650. The van der Waals surface area contributed by atoms with E-state index in [1.54, 1.807) is 0 Å². The molecule has 2 saturated heterocycles. The van der Waals surface area contributed by atoms with E-state index in [1.165, 1.54) is 0 Å². The fourth-order valence-corrected chi connectivity index (χ4v) is 2.31. The van der Waals surface area contributed by atoms with E-state index >= 15 is 0 Å². The van der Waals surface area contributed by atoms with Crippen LogP contribution in [0.25, 0.3) is 0 Å². The fraction of sp³-hybridized carbons (Fsp3) is 0.900. The van der Waals surface area contributed by atoms with Crippen LogP contribution in [0.5, 0.6) is 0 Å². The van der Waals surface area contributed by atoms with E-state index < -0.39 is 12.0 Å². The highest BCUT2D eigenvalue weighted by atomic mass is 16.5. The molecule has 0 aromatic heterocycles. The van der Waals surface area contributed by atoms with Crippen LogP contribution in [0.2, 0.25) is 0 Å². The molecule has 5 heteroatoms. The van der Waals surface area contributed by atoms with Crippen LogP contribution in [0.1, 0.15) is 6.42 Å². The number of aliphatic carboxylic acids is 1. The predicted molar refractivity (Wildman–Crippen MR) is 52.7 cm³/mol. The minimum Gasteiger partial charge on any atom is -0.480 e. The van der Waals surface area contributed by atoms with Crippen molar-refractivity contribution in [2.75, 3.05) is 39.5 Å². The van der Waals surface area contributed by atoms with Gasteiger partial charge in [-0.1, -0.05) is 0 Å². The Labute approximate surface area is 89.0 Å². The number of morpholine rings is 1. The average molecular weight is 215 g/mol. The third kappa shape index (κ3) is 2.48. The first-order valence-electron chi connectivity index (χ1n) is 5.41. The summed E-state index contributed by atoms with van der Waals surface area (Å²) in [7, 11) is 0. The van der Waals surface area contributed by atoms with Gasteiger partial charge in [0.25, 0.3) is 0 Å². The summed E-state index contributed by atoms with van der Waals surface area (Å²) in [5.74, 6) is -0.590. The van der Waals surface area contributed by atoms with E-state index in [1.807, 2.05) is 4.90 Å². The normalized spacial score (nSPS) is 30.3. The molecule has 15 heavy (non-hydrogen) atoms. The first-order chi connectivity index (χ1) is 7.29. The second kappa shape index (κ2) is 4.92. The van der Waals surface area contributed by atoms with Gasteiger partial charge in [0, 0.05) is 25.6 Å². The van der Waals surface area contributed by atoms with Gasteiger partial charge >= 0.3 is 5.97 Å². The summed E-state index contributed by atoms with van der Waals surface area (Å²) in [4.78, 5) is 13.3. The number of carboxylic acid groups (broad SMARTS) is 1.